The number of benzene rings is 1. The van der Waals surface area contributed by atoms with E-state index in [1.54, 1.807) is 10.6 Å². The van der Waals surface area contributed by atoms with Crippen LogP contribution in [-0.4, -0.2) is 87.0 Å². The van der Waals surface area contributed by atoms with Crippen LogP contribution in [0.1, 0.15) is 11.1 Å². The standard InChI is InChI=1S/C21H30N6O2S/c1-18-3-5-19(6-4-18)16-30(28,29)27-13-11-26(12-14-27)21-15-20(22-17-23-21)25-9-7-24(2)8-10-25/h3-6,15,17H,7-14,16H2,1-2H3. The zero-order valence-electron chi connectivity index (χ0n) is 17.7. The molecule has 162 valence electrons. The lowest BCUT2D eigenvalue weighted by Crippen LogP contribution is -2.49. The molecule has 0 N–H and O–H groups in total. The summed E-state index contributed by atoms with van der Waals surface area (Å²) in [4.78, 5) is 15.7. The summed E-state index contributed by atoms with van der Waals surface area (Å²) in [5.41, 5.74) is 1.96. The number of rotatable bonds is 5. The van der Waals surface area contributed by atoms with E-state index in [-0.39, 0.29) is 5.75 Å². The molecule has 2 fully saturated rings. The Hall–Kier alpha value is -2.23. The predicted octanol–water partition coefficient (Wildman–Crippen LogP) is 1.19. The third-order valence-electron chi connectivity index (χ3n) is 5.89. The first-order chi connectivity index (χ1) is 14.4. The minimum Gasteiger partial charge on any atom is -0.354 e. The van der Waals surface area contributed by atoms with Crippen LogP contribution >= 0.6 is 0 Å². The van der Waals surface area contributed by atoms with Crippen molar-refractivity contribution < 1.29 is 8.42 Å². The first-order valence-electron chi connectivity index (χ1n) is 10.4. The number of sulfonamides is 1. The summed E-state index contributed by atoms with van der Waals surface area (Å²) in [5, 5.41) is 0. The van der Waals surface area contributed by atoms with Crippen LogP contribution in [0, 0.1) is 6.92 Å². The highest BCUT2D eigenvalue weighted by Gasteiger charge is 2.28. The van der Waals surface area contributed by atoms with Crippen molar-refractivity contribution >= 4 is 21.7 Å². The van der Waals surface area contributed by atoms with Gasteiger partial charge >= 0.3 is 0 Å². The molecule has 0 unspecified atom stereocenters. The van der Waals surface area contributed by atoms with Crippen LogP contribution in [0.5, 0.6) is 0 Å². The van der Waals surface area contributed by atoms with Gasteiger partial charge in [-0.15, -0.1) is 0 Å². The smallest absolute Gasteiger partial charge is 0.218 e. The van der Waals surface area contributed by atoms with Crippen molar-refractivity contribution in [3.8, 4) is 0 Å². The SMILES string of the molecule is Cc1ccc(CS(=O)(=O)N2CCN(c3cc(N4CCN(C)CC4)ncn3)CC2)cc1. The molecule has 4 rings (SSSR count). The number of hydrogen-bond acceptors (Lipinski definition) is 7. The van der Waals surface area contributed by atoms with Gasteiger partial charge in [-0.3, -0.25) is 0 Å². The minimum atomic E-state index is -3.32. The van der Waals surface area contributed by atoms with Gasteiger partial charge in [-0.1, -0.05) is 29.8 Å². The molecular formula is C21H30N6O2S. The number of likely N-dealkylation sites (N-methyl/N-ethyl adjacent to an activating group) is 1. The molecule has 1 aromatic carbocycles. The maximum atomic E-state index is 12.8. The number of nitrogens with zero attached hydrogens (tertiary/aromatic N) is 6. The summed E-state index contributed by atoms with van der Waals surface area (Å²) in [5.74, 6) is 1.87. The van der Waals surface area contributed by atoms with E-state index in [1.807, 2.05) is 37.3 Å². The molecule has 3 heterocycles. The fourth-order valence-electron chi connectivity index (χ4n) is 3.90. The lowest BCUT2D eigenvalue weighted by Gasteiger charge is -2.36. The Morgan fingerprint density at radius 2 is 1.37 bits per heavy atom. The van der Waals surface area contributed by atoms with Crippen LogP contribution in [0.25, 0.3) is 0 Å². The summed E-state index contributed by atoms with van der Waals surface area (Å²) in [6.45, 7) is 8.17. The van der Waals surface area contributed by atoms with Crippen LogP contribution in [0.15, 0.2) is 36.7 Å². The van der Waals surface area contributed by atoms with Crippen molar-refractivity contribution in [3.63, 3.8) is 0 Å². The molecule has 30 heavy (non-hydrogen) atoms. The Morgan fingerprint density at radius 1 is 0.833 bits per heavy atom. The molecule has 2 aliphatic rings. The second kappa shape index (κ2) is 8.87. The molecular weight excluding hydrogens is 400 g/mol. The van der Waals surface area contributed by atoms with E-state index in [0.29, 0.717) is 26.2 Å². The number of aryl methyl sites for hydroxylation is 1. The van der Waals surface area contributed by atoms with E-state index >= 15 is 0 Å². The lowest BCUT2D eigenvalue weighted by atomic mass is 10.2. The molecule has 2 saturated heterocycles. The first kappa shape index (κ1) is 21.0. The Kier molecular flexibility index (Phi) is 6.21. The summed E-state index contributed by atoms with van der Waals surface area (Å²) in [6.07, 6.45) is 1.61. The monoisotopic (exact) mass is 430 g/mol. The fraction of sp³-hybridized carbons (Fsp3) is 0.524. The number of aromatic nitrogens is 2. The molecule has 2 aliphatic heterocycles. The Balaban J connectivity index is 1.37. The molecule has 0 aliphatic carbocycles. The first-order valence-corrected chi connectivity index (χ1v) is 12.1. The Morgan fingerprint density at radius 3 is 1.93 bits per heavy atom. The lowest BCUT2D eigenvalue weighted by molar-refractivity contribution is 0.312. The van der Waals surface area contributed by atoms with Crippen LogP contribution in [-0.2, 0) is 15.8 Å². The van der Waals surface area contributed by atoms with Crippen molar-refractivity contribution in [2.75, 3.05) is 69.2 Å². The van der Waals surface area contributed by atoms with Crippen molar-refractivity contribution in [1.29, 1.82) is 0 Å². The van der Waals surface area contributed by atoms with Gasteiger partial charge in [0.25, 0.3) is 0 Å². The largest absolute Gasteiger partial charge is 0.354 e. The van der Waals surface area contributed by atoms with Gasteiger partial charge in [-0.05, 0) is 19.5 Å². The van der Waals surface area contributed by atoms with Gasteiger partial charge in [-0.25, -0.2) is 18.4 Å². The van der Waals surface area contributed by atoms with E-state index in [4.69, 9.17) is 0 Å². The van der Waals surface area contributed by atoms with Crippen LogP contribution in [0.4, 0.5) is 11.6 Å². The van der Waals surface area contributed by atoms with Gasteiger partial charge in [0.1, 0.15) is 18.0 Å². The molecule has 2 aromatic rings. The highest BCUT2D eigenvalue weighted by Crippen LogP contribution is 2.21. The van der Waals surface area contributed by atoms with E-state index in [9.17, 15) is 8.42 Å². The molecule has 0 radical (unpaired) electrons. The summed E-state index contributed by atoms with van der Waals surface area (Å²) in [7, 11) is -1.19. The molecule has 1 aromatic heterocycles. The topological polar surface area (TPSA) is 72.9 Å². The van der Waals surface area contributed by atoms with Crippen LogP contribution in [0.2, 0.25) is 0 Å². The van der Waals surface area contributed by atoms with Gasteiger partial charge in [0.05, 0.1) is 5.75 Å². The van der Waals surface area contributed by atoms with Gasteiger partial charge in [0.2, 0.25) is 10.0 Å². The second-order valence-corrected chi connectivity index (χ2v) is 10.1. The summed E-state index contributed by atoms with van der Waals surface area (Å²) < 4.78 is 27.3. The average molecular weight is 431 g/mol. The molecule has 0 spiro atoms. The third-order valence-corrected chi connectivity index (χ3v) is 7.74. The highest BCUT2D eigenvalue weighted by atomic mass is 32.2. The van der Waals surface area contributed by atoms with E-state index < -0.39 is 10.0 Å². The van der Waals surface area contributed by atoms with Crippen molar-refractivity contribution in [3.05, 3.63) is 47.8 Å². The van der Waals surface area contributed by atoms with Crippen LogP contribution < -0.4 is 9.80 Å². The van der Waals surface area contributed by atoms with Crippen molar-refractivity contribution in [2.45, 2.75) is 12.7 Å². The molecule has 0 amide bonds. The number of hydrogen-bond donors (Lipinski definition) is 0. The number of anilines is 2. The van der Waals surface area contributed by atoms with Gasteiger partial charge in [0.15, 0.2) is 0 Å². The molecule has 9 heteroatoms. The van der Waals surface area contributed by atoms with E-state index in [2.05, 4.69) is 31.7 Å². The normalized spacial score (nSPS) is 19.3. The maximum Gasteiger partial charge on any atom is 0.218 e. The minimum absolute atomic E-state index is 0.0499. The summed E-state index contributed by atoms with van der Waals surface area (Å²) in [6, 6.07) is 9.72. The quantitative estimate of drug-likeness (QED) is 0.705. The van der Waals surface area contributed by atoms with E-state index in [0.717, 1.165) is 48.9 Å². The van der Waals surface area contributed by atoms with Crippen molar-refractivity contribution in [2.24, 2.45) is 0 Å². The predicted molar refractivity (Wildman–Crippen MR) is 119 cm³/mol. The Bertz CT molecular complexity index is 950. The van der Waals surface area contributed by atoms with Gasteiger partial charge < -0.3 is 14.7 Å². The van der Waals surface area contributed by atoms with Crippen molar-refractivity contribution in [1.82, 2.24) is 19.2 Å². The van der Waals surface area contributed by atoms with Crippen LogP contribution in [0.3, 0.4) is 0 Å². The van der Waals surface area contributed by atoms with Gasteiger partial charge in [-0.2, -0.15) is 4.31 Å². The summed E-state index contributed by atoms with van der Waals surface area (Å²) >= 11 is 0. The number of piperazine rings is 2. The second-order valence-electron chi connectivity index (χ2n) is 8.15. The fourth-order valence-corrected chi connectivity index (χ4v) is 5.42. The maximum absolute atomic E-state index is 12.8. The Labute approximate surface area is 179 Å². The molecule has 0 atom stereocenters. The molecule has 0 saturated carbocycles. The molecule has 0 bridgehead atoms. The zero-order chi connectivity index (χ0) is 21.1. The average Bonchev–Trinajstić information content (AvgIpc) is 2.76. The highest BCUT2D eigenvalue weighted by molar-refractivity contribution is 7.88. The third kappa shape index (κ3) is 4.91. The van der Waals surface area contributed by atoms with E-state index in [1.165, 1.54) is 0 Å². The zero-order valence-corrected chi connectivity index (χ0v) is 18.6. The van der Waals surface area contributed by atoms with Gasteiger partial charge in [0, 0.05) is 58.4 Å². The molecule has 8 nitrogen and oxygen atoms in total.